The van der Waals surface area contributed by atoms with Gasteiger partial charge in [0.05, 0.1) is 25.2 Å². The summed E-state index contributed by atoms with van der Waals surface area (Å²) in [5.74, 6) is -2.77. The van der Waals surface area contributed by atoms with Crippen molar-refractivity contribution in [3.63, 3.8) is 0 Å². The number of alkyl carbamates (subject to hydrolysis) is 1. The molecular formula is C17H27NO7. The van der Waals surface area contributed by atoms with E-state index in [0.717, 1.165) is 0 Å². The van der Waals surface area contributed by atoms with Crippen LogP contribution in [0.3, 0.4) is 0 Å². The number of hydrogen-bond acceptors (Lipinski definition) is 7. The number of esters is 2. The zero-order chi connectivity index (χ0) is 19.0. The van der Waals surface area contributed by atoms with E-state index >= 15 is 0 Å². The van der Waals surface area contributed by atoms with Gasteiger partial charge in [0, 0.05) is 18.3 Å². The first-order chi connectivity index (χ1) is 11.6. The lowest BCUT2D eigenvalue weighted by molar-refractivity contribution is -0.154. The molecule has 2 aliphatic carbocycles. The maximum Gasteiger partial charge on any atom is 0.408 e. The van der Waals surface area contributed by atoms with Crippen LogP contribution in [0.4, 0.5) is 4.79 Å². The second kappa shape index (κ2) is 6.82. The first-order valence-corrected chi connectivity index (χ1v) is 8.60. The fourth-order valence-corrected chi connectivity index (χ4v) is 3.74. The highest BCUT2D eigenvalue weighted by Gasteiger charge is 2.76. The van der Waals surface area contributed by atoms with E-state index in [2.05, 4.69) is 5.32 Å². The van der Waals surface area contributed by atoms with E-state index in [4.69, 9.17) is 14.2 Å². The predicted octanol–water partition coefficient (Wildman–Crippen LogP) is 1.00. The third-order valence-electron chi connectivity index (χ3n) is 4.54. The molecule has 0 saturated heterocycles. The Balaban J connectivity index is 2.26. The Hall–Kier alpha value is -1.83. The number of hydrogen-bond donors (Lipinski definition) is 2. The fourth-order valence-electron chi connectivity index (χ4n) is 3.74. The molecule has 0 bridgehead atoms. The maximum atomic E-state index is 12.6. The highest BCUT2D eigenvalue weighted by atomic mass is 16.6. The van der Waals surface area contributed by atoms with E-state index in [0.29, 0.717) is 0 Å². The van der Waals surface area contributed by atoms with Crippen molar-refractivity contribution in [2.24, 2.45) is 17.8 Å². The summed E-state index contributed by atoms with van der Waals surface area (Å²) >= 11 is 0. The van der Waals surface area contributed by atoms with Crippen molar-refractivity contribution in [1.29, 1.82) is 0 Å². The van der Waals surface area contributed by atoms with Crippen LogP contribution in [0, 0.1) is 17.8 Å². The molecular weight excluding hydrogens is 330 g/mol. The summed E-state index contributed by atoms with van der Waals surface area (Å²) in [7, 11) is 0. The molecule has 0 spiro atoms. The molecule has 0 radical (unpaired) electrons. The van der Waals surface area contributed by atoms with Gasteiger partial charge < -0.3 is 24.6 Å². The predicted molar refractivity (Wildman–Crippen MR) is 86.5 cm³/mol. The van der Waals surface area contributed by atoms with Crippen LogP contribution in [-0.2, 0) is 23.8 Å². The Labute approximate surface area is 147 Å². The summed E-state index contributed by atoms with van der Waals surface area (Å²) in [6, 6.07) is 0. The van der Waals surface area contributed by atoms with Gasteiger partial charge in [0.25, 0.3) is 0 Å². The monoisotopic (exact) mass is 357 g/mol. The highest BCUT2D eigenvalue weighted by Crippen LogP contribution is 2.63. The molecule has 2 rings (SSSR count). The van der Waals surface area contributed by atoms with Gasteiger partial charge >= 0.3 is 18.0 Å². The molecule has 2 aliphatic rings. The first-order valence-electron chi connectivity index (χ1n) is 8.60. The molecule has 1 amide bonds. The van der Waals surface area contributed by atoms with Crippen molar-refractivity contribution in [3.05, 3.63) is 0 Å². The van der Waals surface area contributed by atoms with Gasteiger partial charge in [0.15, 0.2) is 0 Å². The van der Waals surface area contributed by atoms with Crippen LogP contribution in [0.5, 0.6) is 0 Å². The molecule has 0 heterocycles. The van der Waals surface area contributed by atoms with Gasteiger partial charge in [-0.05, 0) is 34.6 Å². The first kappa shape index (κ1) is 19.5. The lowest BCUT2D eigenvalue weighted by Gasteiger charge is -2.32. The number of nitrogens with one attached hydrogen (secondary N) is 1. The van der Waals surface area contributed by atoms with E-state index in [9.17, 15) is 19.5 Å². The van der Waals surface area contributed by atoms with E-state index < -0.39 is 53.0 Å². The number of carbonyl (C=O) groups is 3. The molecule has 0 aromatic carbocycles. The molecule has 8 heteroatoms. The molecule has 2 N–H and O–H groups in total. The second-order valence-electron chi connectivity index (χ2n) is 7.47. The smallest absolute Gasteiger partial charge is 0.408 e. The van der Waals surface area contributed by atoms with Gasteiger partial charge in [-0.25, -0.2) is 9.59 Å². The Kier molecular flexibility index (Phi) is 5.32. The van der Waals surface area contributed by atoms with E-state index in [1.54, 1.807) is 34.6 Å². The molecule has 8 nitrogen and oxygen atoms in total. The third kappa shape index (κ3) is 3.73. The van der Waals surface area contributed by atoms with Crippen molar-refractivity contribution >= 4 is 18.0 Å². The number of ether oxygens (including phenoxy) is 3. The number of carbonyl (C=O) groups excluding carboxylic acids is 3. The Morgan fingerprint density at radius 2 is 1.76 bits per heavy atom. The lowest BCUT2D eigenvalue weighted by atomic mass is 9.89. The van der Waals surface area contributed by atoms with Gasteiger partial charge in [-0.15, -0.1) is 0 Å². The summed E-state index contributed by atoms with van der Waals surface area (Å²) in [6.45, 7) is 8.77. The molecule has 0 aromatic rings. The van der Waals surface area contributed by atoms with Crippen LogP contribution >= 0.6 is 0 Å². The summed E-state index contributed by atoms with van der Waals surface area (Å²) in [5, 5.41) is 12.9. The number of aliphatic hydroxyl groups excluding tert-OH is 1. The zero-order valence-corrected chi connectivity index (χ0v) is 15.3. The van der Waals surface area contributed by atoms with E-state index in [1.165, 1.54) is 0 Å². The van der Waals surface area contributed by atoms with Crippen molar-refractivity contribution in [1.82, 2.24) is 5.32 Å². The SMILES string of the molecule is CCOC(=O)[C@H]1[C@H]2[C@@H]1[C@](NC(=O)OC(C)(C)C)(C(=O)OCC)C[C@@H]2O. The normalized spacial score (nSPS) is 33.2. The van der Waals surface area contributed by atoms with Crippen molar-refractivity contribution < 1.29 is 33.7 Å². The minimum atomic E-state index is -1.49. The summed E-state index contributed by atoms with van der Waals surface area (Å²) < 4.78 is 15.4. The molecule has 25 heavy (non-hydrogen) atoms. The molecule has 2 fully saturated rings. The van der Waals surface area contributed by atoms with E-state index in [1.807, 2.05) is 0 Å². The summed E-state index contributed by atoms with van der Waals surface area (Å²) in [4.78, 5) is 37.0. The van der Waals surface area contributed by atoms with Crippen LogP contribution < -0.4 is 5.32 Å². The highest BCUT2D eigenvalue weighted by molar-refractivity contribution is 5.90. The van der Waals surface area contributed by atoms with Crippen molar-refractivity contribution in [2.45, 2.75) is 58.3 Å². The largest absolute Gasteiger partial charge is 0.466 e. The standard InChI is InChI=1S/C17H27NO7/c1-6-23-13(20)11-10-9(19)8-17(12(10)11,14(21)24-7-2)18-15(22)25-16(3,4)5/h9-12,19H,6-8H2,1-5H3,(H,18,22)/t9-,10-,11-,12-,17-/m0/s1. The van der Waals surface area contributed by atoms with Crippen LogP contribution in [0.15, 0.2) is 0 Å². The van der Waals surface area contributed by atoms with Gasteiger partial charge in [0.2, 0.25) is 0 Å². The van der Waals surface area contributed by atoms with Crippen molar-refractivity contribution in [2.75, 3.05) is 13.2 Å². The van der Waals surface area contributed by atoms with Crippen molar-refractivity contribution in [3.8, 4) is 0 Å². The molecule has 2 saturated carbocycles. The molecule has 5 atom stereocenters. The quantitative estimate of drug-likeness (QED) is 0.558. The zero-order valence-electron chi connectivity index (χ0n) is 15.3. The minimum Gasteiger partial charge on any atom is -0.466 e. The Bertz CT molecular complexity index is 556. The van der Waals surface area contributed by atoms with Crippen LogP contribution in [0.25, 0.3) is 0 Å². The van der Waals surface area contributed by atoms with Gasteiger partial charge in [-0.2, -0.15) is 0 Å². The Morgan fingerprint density at radius 3 is 2.28 bits per heavy atom. The lowest BCUT2D eigenvalue weighted by Crippen LogP contribution is -2.58. The molecule has 0 aliphatic heterocycles. The van der Waals surface area contributed by atoms with Gasteiger partial charge in [-0.3, -0.25) is 4.79 Å². The average molecular weight is 357 g/mol. The van der Waals surface area contributed by atoms with Crippen LogP contribution in [0.2, 0.25) is 0 Å². The summed E-state index contributed by atoms with van der Waals surface area (Å²) in [5.41, 5.74) is -2.24. The molecule has 0 aromatic heterocycles. The second-order valence-corrected chi connectivity index (χ2v) is 7.47. The number of amides is 1. The number of aliphatic hydroxyl groups is 1. The summed E-state index contributed by atoms with van der Waals surface area (Å²) in [6.07, 6.45) is -1.71. The third-order valence-corrected chi connectivity index (χ3v) is 4.54. The molecule has 0 unspecified atom stereocenters. The minimum absolute atomic E-state index is 0.0175. The van der Waals surface area contributed by atoms with Gasteiger partial charge in [0.1, 0.15) is 11.1 Å². The van der Waals surface area contributed by atoms with Crippen LogP contribution in [0.1, 0.15) is 41.0 Å². The number of rotatable bonds is 5. The fraction of sp³-hybridized carbons (Fsp3) is 0.824. The van der Waals surface area contributed by atoms with Gasteiger partial charge in [-0.1, -0.05) is 0 Å². The van der Waals surface area contributed by atoms with Crippen LogP contribution in [-0.4, -0.2) is 53.6 Å². The van der Waals surface area contributed by atoms with E-state index in [-0.39, 0.29) is 19.6 Å². The molecule has 142 valence electrons. The maximum absolute atomic E-state index is 12.6. The average Bonchev–Trinajstić information content (AvgIpc) is 3.14. The topological polar surface area (TPSA) is 111 Å². The number of fused-ring (bicyclic) bond motifs is 1. The Morgan fingerprint density at radius 1 is 1.16 bits per heavy atom.